The van der Waals surface area contributed by atoms with E-state index in [-0.39, 0.29) is 5.91 Å². The smallest absolute Gasteiger partial charge is 0.224 e. The lowest BCUT2D eigenvalue weighted by molar-refractivity contribution is -0.116. The monoisotopic (exact) mass is 299 g/mol. The van der Waals surface area contributed by atoms with Crippen LogP contribution in [-0.2, 0) is 11.2 Å². The fraction of sp³-hybridized carbons (Fsp3) is 0.278. The van der Waals surface area contributed by atoms with Crippen LogP contribution in [0.15, 0.2) is 47.4 Å². The molecule has 1 N–H and O–H groups in total. The zero-order valence-electron chi connectivity index (χ0n) is 12.8. The van der Waals surface area contributed by atoms with Gasteiger partial charge >= 0.3 is 0 Å². The summed E-state index contributed by atoms with van der Waals surface area (Å²) in [5.74, 6) is 0.0616. The molecule has 0 saturated heterocycles. The maximum absolute atomic E-state index is 12.0. The zero-order valence-corrected chi connectivity index (χ0v) is 13.6. The van der Waals surface area contributed by atoms with Crippen LogP contribution in [0.4, 0.5) is 5.69 Å². The molecule has 2 nitrogen and oxygen atoms in total. The molecule has 0 aromatic heterocycles. The van der Waals surface area contributed by atoms with Crippen LogP contribution in [0.3, 0.4) is 0 Å². The average Bonchev–Trinajstić information content (AvgIpc) is 2.48. The number of carbonyl (C=O) groups excluding carboxylic acids is 1. The Morgan fingerprint density at radius 3 is 2.62 bits per heavy atom. The van der Waals surface area contributed by atoms with Gasteiger partial charge in [0.2, 0.25) is 5.91 Å². The molecular formula is C18H21NOS. The maximum Gasteiger partial charge on any atom is 0.224 e. The molecule has 2 aromatic carbocycles. The first kappa shape index (κ1) is 15.6. The first-order valence-corrected chi connectivity index (χ1v) is 8.31. The number of carbonyl (C=O) groups is 1. The number of rotatable bonds is 5. The van der Waals surface area contributed by atoms with Crippen molar-refractivity contribution in [2.45, 2.75) is 31.6 Å². The van der Waals surface area contributed by atoms with E-state index >= 15 is 0 Å². The topological polar surface area (TPSA) is 29.1 Å². The predicted octanol–water partition coefficient (Wildman–Crippen LogP) is 4.60. The van der Waals surface area contributed by atoms with E-state index < -0.39 is 0 Å². The van der Waals surface area contributed by atoms with Gasteiger partial charge in [0.1, 0.15) is 0 Å². The van der Waals surface area contributed by atoms with Gasteiger partial charge in [0.25, 0.3) is 0 Å². The molecule has 0 unspecified atom stereocenters. The summed E-state index contributed by atoms with van der Waals surface area (Å²) in [6, 6.07) is 14.3. The third kappa shape index (κ3) is 4.64. The summed E-state index contributed by atoms with van der Waals surface area (Å²) in [6.45, 7) is 4.21. The zero-order chi connectivity index (χ0) is 15.2. The minimum absolute atomic E-state index is 0.0616. The lowest BCUT2D eigenvalue weighted by atomic mass is 10.0. The second-order valence-corrected chi connectivity index (χ2v) is 6.08. The summed E-state index contributed by atoms with van der Waals surface area (Å²) in [4.78, 5) is 13.2. The summed E-state index contributed by atoms with van der Waals surface area (Å²) in [5, 5.41) is 2.96. The number of anilines is 1. The van der Waals surface area contributed by atoms with E-state index in [9.17, 15) is 4.79 Å². The Kier molecular flexibility index (Phi) is 5.45. The maximum atomic E-state index is 12.0. The van der Waals surface area contributed by atoms with Crippen molar-refractivity contribution in [3.8, 4) is 0 Å². The van der Waals surface area contributed by atoms with E-state index in [2.05, 4.69) is 37.4 Å². The molecule has 2 rings (SSSR count). The third-order valence-corrected chi connectivity index (χ3v) is 4.29. The Morgan fingerprint density at radius 2 is 1.90 bits per heavy atom. The van der Waals surface area contributed by atoms with Gasteiger partial charge in [0.15, 0.2) is 0 Å². The Morgan fingerprint density at radius 1 is 1.10 bits per heavy atom. The second kappa shape index (κ2) is 7.32. The summed E-state index contributed by atoms with van der Waals surface area (Å²) in [7, 11) is 0. The molecule has 0 heterocycles. The van der Waals surface area contributed by atoms with Crippen molar-refractivity contribution in [2.75, 3.05) is 11.6 Å². The standard InChI is InChI=1S/C18H21NOS/c1-13-7-8-15(11-14(13)2)9-10-18(20)19-16-5-4-6-17(12-16)21-3/h4-8,11-12H,9-10H2,1-3H3,(H,19,20). The van der Waals surface area contributed by atoms with Gasteiger partial charge in [-0.2, -0.15) is 0 Å². The summed E-state index contributed by atoms with van der Waals surface area (Å²) >= 11 is 1.67. The molecule has 0 saturated carbocycles. The van der Waals surface area contributed by atoms with Crippen LogP contribution in [0.5, 0.6) is 0 Å². The van der Waals surface area contributed by atoms with Crippen LogP contribution in [0.2, 0.25) is 0 Å². The number of thioether (sulfide) groups is 1. The number of benzene rings is 2. The van der Waals surface area contributed by atoms with Crippen LogP contribution in [0.1, 0.15) is 23.1 Å². The van der Waals surface area contributed by atoms with Crippen molar-refractivity contribution in [2.24, 2.45) is 0 Å². The van der Waals surface area contributed by atoms with Gasteiger partial charge in [-0.15, -0.1) is 11.8 Å². The predicted molar refractivity (Wildman–Crippen MR) is 91.1 cm³/mol. The van der Waals surface area contributed by atoms with Crippen LogP contribution in [0.25, 0.3) is 0 Å². The van der Waals surface area contributed by atoms with Crippen LogP contribution in [-0.4, -0.2) is 12.2 Å². The number of amides is 1. The average molecular weight is 299 g/mol. The van der Waals surface area contributed by atoms with Crippen LogP contribution < -0.4 is 5.32 Å². The van der Waals surface area contributed by atoms with Gasteiger partial charge in [-0.1, -0.05) is 24.3 Å². The number of hydrogen-bond donors (Lipinski definition) is 1. The van der Waals surface area contributed by atoms with Gasteiger partial charge in [0.05, 0.1) is 0 Å². The molecule has 0 aliphatic rings. The quantitative estimate of drug-likeness (QED) is 0.818. The van der Waals surface area contributed by atoms with Crippen LogP contribution >= 0.6 is 11.8 Å². The molecule has 0 aliphatic carbocycles. The van der Waals surface area contributed by atoms with Crippen molar-refractivity contribution in [1.82, 2.24) is 0 Å². The van der Waals surface area contributed by atoms with E-state index in [1.807, 2.05) is 30.5 Å². The molecule has 0 atom stereocenters. The molecule has 2 aromatic rings. The minimum Gasteiger partial charge on any atom is -0.326 e. The van der Waals surface area contributed by atoms with Crippen LogP contribution in [0, 0.1) is 13.8 Å². The fourth-order valence-electron chi connectivity index (χ4n) is 2.14. The van der Waals surface area contributed by atoms with E-state index in [0.717, 1.165) is 17.0 Å². The van der Waals surface area contributed by atoms with E-state index in [1.165, 1.54) is 16.7 Å². The van der Waals surface area contributed by atoms with Gasteiger partial charge in [0, 0.05) is 17.0 Å². The Labute approximate surface area is 131 Å². The van der Waals surface area contributed by atoms with E-state index in [0.29, 0.717) is 6.42 Å². The van der Waals surface area contributed by atoms with E-state index in [4.69, 9.17) is 0 Å². The molecule has 0 bridgehead atoms. The normalized spacial score (nSPS) is 10.4. The number of hydrogen-bond acceptors (Lipinski definition) is 2. The highest BCUT2D eigenvalue weighted by Crippen LogP contribution is 2.19. The summed E-state index contributed by atoms with van der Waals surface area (Å²) < 4.78 is 0. The number of nitrogens with one attached hydrogen (secondary N) is 1. The van der Waals surface area contributed by atoms with E-state index in [1.54, 1.807) is 11.8 Å². The molecule has 3 heteroatoms. The molecule has 1 amide bonds. The van der Waals surface area contributed by atoms with Gasteiger partial charge in [-0.3, -0.25) is 4.79 Å². The summed E-state index contributed by atoms with van der Waals surface area (Å²) in [5.41, 5.74) is 4.65. The fourth-order valence-corrected chi connectivity index (χ4v) is 2.60. The van der Waals surface area contributed by atoms with Gasteiger partial charge in [-0.05, 0) is 61.4 Å². The Balaban J connectivity index is 1.90. The highest BCUT2D eigenvalue weighted by molar-refractivity contribution is 7.98. The van der Waals surface area contributed by atoms with Gasteiger partial charge in [-0.25, -0.2) is 0 Å². The molecule has 0 aliphatic heterocycles. The van der Waals surface area contributed by atoms with Crippen molar-refractivity contribution in [1.29, 1.82) is 0 Å². The molecule has 110 valence electrons. The van der Waals surface area contributed by atoms with Crippen molar-refractivity contribution in [3.05, 3.63) is 59.2 Å². The molecule has 0 radical (unpaired) electrons. The lowest BCUT2D eigenvalue weighted by Crippen LogP contribution is -2.12. The minimum atomic E-state index is 0.0616. The van der Waals surface area contributed by atoms with Crippen molar-refractivity contribution in [3.63, 3.8) is 0 Å². The molecular weight excluding hydrogens is 278 g/mol. The Bertz CT molecular complexity index is 637. The van der Waals surface area contributed by atoms with Crippen molar-refractivity contribution < 1.29 is 4.79 Å². The summed E-state index contributed by atoms with van der Waals surface area (Å²) in [6.07, 6.45) is 3.31. The second-order valence-electron chi connectivity index (χ2n) is 5.20. The van der Waals surface area contributed by atoms with Gasteiger partial charge < -0.3 is 5.32 Å². The lowest BCUT2D eigenvalue weighted by Gasteiger charge is -2.08. The molecule has 21 heavy (non-hydrogen) atoms. The first-order chi connectivity index (χ1) is 10.1. The highest BCUT2D eigenvalue weighted by Gasteiger charge is 2.04. The van der Waals surface area contributed by atoms with Crippen molar-refractivity contribution >= 4 is 23.4 Å². The number of aryl methyl sites for hydroxylation is 3. The highest BCUT2D eigenvalue weighted by atomic mass is 32.2. The Hall–Kier alpha value is -1.74. The largest absolute Gasteiger partial charge is 0.326 e. The third-order valence-electron chi connectivity index (χ3n) is 3.57. The SMILES string of the molecule is CSc1cccc(NC(=O)CCc2ccc(C)c(C)c2)c1. The first-order valence-electron chi connectivity index (χ1n) is 7.08. The molecule has 0 fully saturated rings. The molecule has 0 spiro atoms.